The van der Waals surface area contributed by atoms with Crippen molar-refractivity contribution in [2.75, 3.05) is 5.73 Å². The van der Waals surface area contributed by atoms with Crippen LogP contribution in [0.5, 0.6) is 0 Å². The minimum Gasteiger partial charge on any atom is -0.368 e. The number of anilines is 1. The van der Waals surface area contributed by atoms with Crippen LogP contribution < -0.4 is 5.73 Å². The number of rotatable bonds is 1. The van der Waals surface area contributed by atoms with Gasteiger partial charge in [0.05, 0.1) is 5.69 Å². The summed E-state index contributed by atoms with van der Waals surface area (Å²) in [6.07, 6.45) is 1.76. The minimum absolute atomic E-state index is 0.319. The smallest absolute Gasteiger partial charge is 0.220 e. The molecule has 2 N–H and O–H groups in total. The summed E-state index contributed by atoms with van der Waals surface area (Å²) in [5.41, 5.74) is 11.1. The summed E-state index contributed by atoms with van der Waals surface area (Å²) in [4.78, 5) is 8.27. The van der Waals surface area contributed by atoms with Crippen molar-refractivity contribution in [2.24, 2.45) is 0 Å². The summed E-state index contributed by atoms with van der Waals surface area (Å²) in [5.74, 6) is 0.319. The summed E-state index contributed by atoms with van der Waals surface area (Å²) >= 11 is 0. The molecular weight excluding hydrogens is 198 g/mol. The first kappa shape index (κ1) is 10.6. The molecule has 2 aromatic rings. The molecule has 3 heteroatoms. The summed E-state index contributed by atoms with van der Waals surface area (Å²) < 4.78 is 0. The molecule has 0 atom stereocenters. The summed E-state index contributed by atoms with van der Waals surface area (Å²) in [6, 6.07) is 6.37. The number of nitrogens with two attached hydrogens (primary N) is 1. The Labute approximate surface area is 95.4 Å². The van der Waals surface area contributed by atoms with Gasteiger partial charge in [0.25, 0.3) is 0 Å². The fourth-order valence-electron chi connectivity index (χ4n) is 1.86. The van der Waals surface area contributed by atoms with Gasteiger partial charge in [0.1, 0.15) is 0 Å². The Kier molecular flexibility index (Phi) is 2.60. The van der Waals surface area contributed by atoms with Crippen molar-refractivity contribution in [2.45, 2.75) is 20.8 Å². The third-order valence-electron chi connectivity index (χ3n) is 2.49. The maximum Gasteiger partial charge on any atom is 0.220 e. The van der Waals surface area contributed by atoms with Crippen LogP contribution in [-0.2, 0) is 0 Å². The van der Waals surface area contributed by atoms with E-state index in [0.717, 1.165) is 16.8 Å². The Morgan fingerprint density at radius 2 is 1.62 bits per heavy atom. The Morgan fingerprint density at radius 1 is 1.00 bits per heavy atom. The molecule has 0 aliphatic rings. The lowest BCUT2D eigenvalue weighted by Crippen LogP contribution is -1.98. The fourth-order valence-corrected chi connectivity index (χ4v) is 1.86. The normalized spacial score (nSPS) is 10.4. The monoisotopic (exact) mass is 213 g/mol. The second kappa shape index (κ2) is 3.93. The average Bonchev–Trinajstić information content (AvgIpc) is 2.20. The third kappa shape index (κ3) is 2.03. The minimum atomic E-state index is 0.319. The zero-order valence-electron chi connectivity index (χ0n) is 9.78. The van der Waals surface area contributed by atoms with Gasteiger partial charge in [0.15, 0.2) is 0 Å². The van der Waals surface area contributed by atoms with Crippen LogP contribution in [0.3, 0.4) is 0 Å². The zero-order valence-corrected chi connectivity index (χ0v) is 9.78. The van der Waals surface area contributed by atoms with Crippen molar-refractivity contribution in [1.82, 2.24) is 9.97 Å². The van der Waals surface area contributed by atoms with Gasteiger partial charge in [-0.25, -0.2) is 9.97 Å². The SMILES string of the molecule is Cc1cc(C)cc(-c2nc(N)ncc2C)c1. The molecular formula is C13H15N3. The molecule has 1 heterocycles. The molecule has 0 spiro atoms. The quantitative estimate of drug-likeness (QED) is 0.792. The molecule has 82 valence electrons. The van der Waals surface area contributed by atoms with Crippen LogP contribution in [-0.4, -0.2) is 9.97 Å². The molecule has 1 aromatic heterocycles. The number of aromatic nitrogens is 2. The largest absolute Gasteiger partial charge is 0.368 e. The van der Waals surface area contributed by atoms with Gasteiger partial charge in [-0.1, -0.05) is 17.2 Å². The van der Waals surface area contributed by atoms with Crippen LogP contribution in [0.1, 0.15) is 16.7 Å². The first-order valence-corrected chi connectivity index (χ1v) is 5.24. The van der Waals surface area contributed by atoms with Crippen LogP contribution in [0.2, 0.25) is 0 Å². The van der Waals surface area contributed by atoms with Crippen molar-refractivity contribution in [3.63, 3.8) is 0 Å². The molecule has 1 aromatic carbocycles. The Hall–Kier alpha value is -1.90. The Morgan fingerprint density at radius 3 is 2.25 bits per heavy atom. The Bertz CT molecular complexity index is 512. The van der Waals surface area contributed by atoms with E-state index in [2.05, 4.69) is 42.0 Å². The number of aryl methyl sites for hydroxylation is 3. The van der Waals surface area contributed by atoms with Gasteiger partial charge in [-0.15, -0.1) is 0 Å². The van der Waals surface area contributed by atoms with Crippen molar-refractivity contribution in [3.05, 3.63) is 41.1 Å². The lowest BCUT2D eigenvalue weighted by molar-refractivity contribution is 1.15. The van der Waals surface area contributed by atoms with Crippen LogP contribution in [0.25, 0.3) is 11.3 Å². The van der Waals surface area contributed by atoms with Crippen LogP contribution in [0, 0.1) is 20.8 Å². The van der Waals surface area contributed by atoms with E-state index in [4.69, 9.17) is 5.73 Å². The van der Waals surface area contributed by atoms with Gasteiger partial charge in [-0.2, -0.15) is 0 Å². The maximum absolute atomic E-state index is 5.62. The van der Waals surface area contributed by atoms with Crippen molar-refractivity contribution in [3.8, 4) is 11.3 Å². The molecule has 0 unspecified atom stereocenters. The number of hydrogen-bond acceptors (Lipinski definition) is 3. The molecule has 0 radical (unpaired) electrons. The topological polar surface area (TPSA) is 51.8 Å². The number of hydrogen-bond donors (Lipinski definition) is 1. The zero-order chi connectivity index (χ0) is 11.7. The molecule has 0 fully saturated rings. The molecule has 0 saturated heterocycles. The molecule has 0 bridgehead atoms. The van der Waals surface area contributed by atoms with Crippen LogP contribution in [0.15, 0.2) is 24.4 Å². The summed E-state index contributed by atoms with van der Waals surface area (Å²) in [5, 5.41) is 0. The second-order valence-electron chi connectivity index (χ2n) is 4.14. The molecule has 0 saturated carbocycles. The summed E-state index contributed by atoms with van der Waals surface area (Å²) in [6.45, 7) is 6.15. The van der Waals surface area contributed by atoms with Gasteiger partial charge in [0, 0.05) is 11.8 Å². The van der Waals surface area contributed by atoms with Crippen molar-refractivity contribution >= 4 is 5.95 Å². The van der Waals surface area contributed by atoms with E-state index in [1.807, 2.05) is 6.92 Å². The molecule has 16 heavy (non-hydrogen) atoms. The van der Waals surface area contributed by atoms with E-state index in [9.17, 15) is 0 Å². The molecule has 2 rings (SSSR count). The van der Waals surface area contributed by atoms with E-state index >= 15 is 0 Å². The number of benzene rings is 1. The highest BCUT2D eigenvalue weighted by atomic mass is 15.0. The van der Waals surface area contributed by atoms with Gasteiger partial charge >= 0.3 is 0 Å². The van der Waals surface area contributed by atoms with Crippen LogP contribution >= 0.6 is 0 Å². The van der Waals surface area contributed by atoms with Crippen molar-refractivity contribution in [1.29, 1.82) is 0 Å². The highest BCUT2D eigenvalue weighted by Gasteiger charge is 2.06. The maximum atomic E-state index is 5.62. The highest BCUT2D eigenvalue weighted by molar-refractivity contribution is 5.65. The first-order valence-electron chi connectivity index (χ1n) is 5.24. The number of nitrogens with zero attached hydrogens (tertiary/aromatic N) is 2. The predicted molar refractivity (Wildman–Crippen MR) is 66.1 cm³/mol. The van der Waals surface area contributed by atoms with Gasteiger partial charge in [-0.3, -0.25) is 0 Å². The molecule has 0 amide bonds. The van der Waals surface area contributed by atoms with Gasteiger partial charge < -0.3 is 5.73 Å². The van der Waals surface area contributed by atoms with E-state index < -0.39 is 0 Å². The summed E-state index contributed by atoms with van der Waals surface area (Å²) in [7, 11) is 0. The highest BCUT2D eigenvalue weighted by Crippen LogP contribution is 2.23. The predicted octanol–water partition coefficient (Wildman–Crippen LogP) is 2.65. The van der Waals surface area contributed by atoms with E-state index in [1.165, 1.54) is 11.1 Å². The second-order valence-corrected chi connectivity index (χ2v) is 4.14. The van der Waals surface area contributed by atoms with Crippen molar-refractivity contribution < 1.29 is 0 Å². The molecule has 3 nitrogen and oxygen atoms in total. The fraction of sp³-hybridized carbons (Fsp3) is 0.231. The van der Waals surface area contributed by atoms with E-state index in [0.29, 0.717) is 5.95 Å². The van der Waals surface area contributed by atoms with Crippen LogP contribution in [0.4, 0.5) is 5.95 Å². The standard InChI is InChI=1S/C13H15N3/c1-8-4-9(2)6-11(5-8)12-10(3)7-15-13(14)16-12/h4-7H,1-3H3,(H2,14,15,16). The molecule has 0 aliphatic heterocycles. The first-order chi connectivity index (χ1) is 7.56. The average molecular weight is 213 g/mol. The number of nitrogen functional groups attached to an aromatic ring is 1. The lowest BCUT2D eigenvalue weighted by atomic mass is 10.0. The third-order valence-corrected chi connectivity index (χ3v) is 2.49. The lowest BCUT2D eigenvalue weighted by Gasteiger charge is -2.07. The Balaban J connectivity index is 2.62. The van der Waals surface area contributed by atoms with E-state index in [-0.39, 0.29) is 0 Å². The van der Waals surface area contributed by atoms with E-state index in [1.54, 1.807) is 6.20 Å². The molecule has 0 aliphatic carbocycles. The van der Waals surface area contributed by atoms with Gasteiger partial charge in [-0.05, 0) is 38.5 Å². The van der Waals surface area contributed by atoms with Gasteiger partial charge in [0.2, 0.25) is 5.95 Å².